The smallest absolute Gasteiger partial charge is 0.238 e. The summed E-state index contributed by atoms with van der Waals surface area (Å²) in [6.07, 6.45) is -0.0111. The normalized spacial score (nSPS) is 18.8. The highest BCUT2D eigenvalue weighted by Gasteiger charge is 2.32. The van der Waals surface area contributed by atoms with E-state index in [1.807, 2.05) is 17.0 Å². The fraction of sp³-hybridized carbons (Fsp3) is 0.312. The van der Waals surface area contributed by atoms with Gasteiger partial charge in [-0.05, 0) is 46.9 Å². The Morgan fingerprint density at radius 3 is 2.75 bits per heavy atom. The fourth-order valence-corrected chi connectivity index (χ4v) is 3.47. The molecule has 1 aliphatic heterocycles. The summed E-state index contributed by atoms with van der Waals surface area (Å²) in [5.41, 5.74) is 4.90. The van der Waals surface area contributed by atoms with Crippen LogP contribution in [0.3, 0.4) is 0 Å². The fourth-order valence-electron chi connectivity index (χ4n) is 2.62. The number of nitrogens with zero attached hydrogens (tertiary/aromatic N) is 1. The first-order chi connectivity index (χ1) is 9.66. The minimum Gasteiger partial charge on any atom is -0.317 e. The van der Waals surface area contributed by atoms with Gasteiger partial charge in [0.15, 0.2) is 0 Å². The first kappa shape index (κ1) is 13.3. The first-order valence-electron chi connectivity index (χ1n) is 6.77. The van der Waals surface area contributed by atoms with E-state index in [0.29, 0.717) is 13.1 Å². The SMILES string of the molecule is Cc1cscc1CN1C(=O)CNC1c1ccccc1C. The maximum absolute atomic E-state index is 12.2. The Morgan fingerprint density at radius 2 is 2.05 bits per heavy atom. The van der Waals surface area contributed by atoms with Crippen molar-refractivity contribution in [2.75, 3.05) is 6.54 Å². The minimum atomic E-state index is -0.0111. The molecule has 0 aliphatic carbocycles. The molecule has 104 valence electrons. The second-order valence-electron chi connectivity index (χ2n) is 5.24. The molecule has 1 fully saturated rings. The Kier molecular flexibility index (Phi) is 3.59. The third kappa shape index (κ3) is 2.37. The van der Waals surface area contributed by atoms with Crippen molar-refractivity contribution >= 4 is 17.2 Å². The number of carbonyl (C=O) groups excluding carboxylic acids is 1. The third-order valence-electron chi connectivity index (χ3n) is 3.86. The van der Waals surface area contributed by atoms with Gasteiger partial charge in [-0.1, -0.05) is 24.3 Å². The summed E-state index contributed by atoms with van der Waals surface area (Å²) in [7, 11) is 0. The summed E-state index contributed by atoms with van der Waals surface area (Å²) < 4.78 is 0. The average Bonchev–Trinajstić information content (AvgIpc) is 2.99. The molecule has 20 heavy (non-hydrogen) atoms. The molecular formula is C16H18N2OS. The number of hydrogen-bond acceptors (Lipinski definition) is 3. The van der Waals surface area contributed by atoms with Crippen LogP contribution in [0.15, 0.2) is 35.0 Å². The molecule has 3 rings (SSSR count). The molecule has 1 aliphatic rings. The van der Waals surface area contributed by atoms with Gasteiger partial charge in [0.2, 0.25) is 5.91 Å². The van der Waals surface area contributed by atoms with Crippen LogP contribution < -0.4 is 5.32 Å². The highest BCUT2D eigenvalue weighted by atomic mass is 32.1. The molecule has 0 spiro atoms. The van der Waals surface area contributed by atoms with Crippen LogP contribution in [0.1, 0.15) is 28.4 Å². The molecule has 0 saturated carbocycles. The van der Waals surface area contributed by atoms with Gasteiger partial charge in [0.25, 0.3) is 0 Å². The quantitative estimate of drug-likeness (QED) is 0.940. The third-order valence-corrected chi connectivity index (χ3v) is 4.77. The number of rotatable bonds is 3. The van der Waals surface area contributed by atoms with Gasteiger partial charge >= 0.3 is 0 Å². The Labute approximate surface area is 123 Å². The van der Waals surface area contributed by atoms with E-state index in [1.165, 1.54) is 22.3 Å². The van der Waals surface area contributed by atoms with Crippen molar-refractivity contribution in [2.45, 2.75) is 26.6 Å². The number of benzene rings is 1. The summed E-state index contributed by atoms with van der Waals surface area (Å²) in [5.74, 6) is 0.170. The number of hydrogen-bond donors (Lipinski definition) is 1. The Hall–Kier alpha value is -1.65. The van der Waals surface area contributed by atoms with Crippen molar-refractivity contribution in [3.63, 3.8) is 0 Å². The van der Waals surface area contributed by atoms with Crippen molar-refractivity contribution in [1.29, 1.82) is 0 Å². The number of aryl methyl sites for hydroxylation is 2. The lowest BCUT2D eigenvalue weighted by atomic mass is 10.1. The minimum absolute atomic E-state index is 0.0111. The molecule has 1 saturated heterocycles. The molecule has 0 radical (unpaired) electrons. The van der Waals surface area contributed by atoms with E-state index in [2.05, 4.69) is 42.1 Å². The van der Waals surface area contributed by atoms with Crippen LogP contribution in [0.4, 0.5) is 0 Å². The second kappa shape index (κ2) is 5.38. The molecule has 1 unspecified atom stereocenters. The van der Waals surface area contributed by atoms with Crippen molar-refractivity contribution in [3.8, 4) is 0 Å². The number of thiophene rings is 1. The highest BCUT2D eigenvalue weighted by molar-refractivity contribution is 7.08. The van der Waals surface area contributed by atoms with Gasteiger partial charge in [0, 0.05) is 6.54 Å². The van der Waals surface area contributed by atoms with E-state index < -0.39 is 0 Å². The standard InChI is InChI=1S/C16H18N2OS/c1-11-5-3-4-6-14(11)16-17-7-15(19)18(16)8-13-10-20-9-12(13)2/h3-6,9-10,16-17H,7-8H2,1-2H3. The zero-order valence-corrected chi connectivity index (χ0v) is 12.5. The van der Waals surface area contributed by atoms with Crippen LogP contribution in [-0.2, 0) is 11.3 Å². The van der Waals surface area contributed by atoms with E-state index in [-0.39, 0.29) is 12.1 Å². The Balaban J connectivity index is 1.89. The van der Waals surface area contributed by atoms with E-state index >= 15 is 0 Å². The zero-order valence-electron chi connectivity index (χ0n) is 11.7. The number of amides is 1. The van der Waals surface area contributed by atoms with Gasteiger partial charge in [0.05, 0.1) is 6.54 Å². The van der Waals surface area contributed by atoms with Crippen LogP contribution in [0.2, 0.25) is 0 Å². The lowest BCUT2D eigenvalue weighted by molar-refractivity contribution is -0.128. The molecule has 1 aromatic carbocycles. The van der Waals surface area contributed by atoms with Crippen LogP contribution >= 0.6 is 11.3 Å². The number of nitrogens with one attached hydrogen (secondary N) is 1. The van der Waals surface area contributed by atoms with E-state index in [0.717, 1.165) is 0 Å². The molecule has 1 aromatic heterocycles. The van der Waals surface area contributed by atoms with Gasteiger partial charge in [-0.3, -0.25) is 10.1 Å². The molecule has 4 heteroatoms. The predicted octanol–water partition coefficient (Wildman–Crippen LogP) is 3.00. The summed E-state index contributed by atoms with van der Waals surface area (Å²) in [5, 5.41) is 7.59. The molecule has 3 nitrogen and oxygen atoms in total. The Bertz CT molecular complexity index is 635. The summed E-state index contributed by atoms with van der Waals surface area (Å²) in [6, 6.07) is 8.25. The van der Waals surface area contributed by atoms with Gasteiger partial charge in [0.1, 0.15) is 6.17 Å². The van der Waals surface area contributed by atoms with Gasteiger partial charge in [-0.25, -0.2) is 0 Å². The maximum Gasteiger partial charge on any atom is 0.238 e. The molecule has 1 amide bonds. The molecule has 2 heterocycles. The van der Waals surface area contributed by atoms with Crippen LogP contribution in [0.25, 0.3) is 0 Å². The summed E-state index contributed by atoms with van der Waals surface area (Å²) in [4.78, 5) is 14.1. The summed E-state index contributed by atoms with van der Waals surface area (Å²) >= 11 is 1.69. The molecule has 0 bridgehead atoms. The highest BCUT2D eigenvalue weighted by Crippen LogP contribution is 2.28. The topological polar surface area (TPSA) is 32.3 Å². The van der Waals surface area contributed by atoms with Crippen molar-refractivity contribution in [3.05, 3.63) is 57.3 Å². The predicted molar refractivity (Wildman–Crippen MR) is 81.5 cm³/mol. The van der Waals surface area contributed by atoms with Crippen molar-refractivity contribution in [1.82, 2.24) is 10.2 Å². The lowest BCUT2D eigenvalue weighted by Crippen LogP contribution is -2.30. The molecular weight excluding hydrogens is 268 g/mol. The largest absolute Gasteiger partial charge is 0.317 e. The van der Waals surface area contributed by atoms with Gasteiger partial charge in [-0.2, -0.15) is 11.3 Å². The van der Waals surface area contributed by atoms with Crippen LogP contribution in [-0.4, -0.2) is 17.4 Å². The maximum atomic E-state index is 12.2. The van der Waals surface area contributed by atoms with E-state index in [9.17, 15) is 4.79 Å². The van der Waals surface area contributed by atoms with E-state index in [1.54, 1.807) is 11.3 Å². The zero-order chi connectivity index (χ0) is 14.1. The van der Waals surface area contributed by atoms with Gasteiger partial charge in [-0.15, -0.1) is 0 Å². The molecule has 1 N–H and O–H groups in total. The average molecular weight is 286 g/mol. The van der Waals surface area contributed by atoms with E-state index in [4.69, 9.17) is 0 Å². The molecule has 1 atom stereocenters. The van der Waals surface area contributed by atoms with Crippen molar-refractivity contribution in [2.24, 2.45) is 0 Å². The van der Waals surface area contributed by atoms with Crippen LogP contribution in [0, 0.1) is 13.8 Å². The van der Waals surface area contributed by atoms with Crippen molar-refractivity contribution < 1.29 is 4.79 Å². The number of carbonyl (C=O) groups is 1. The monoisotopic (exact) mass is 286 g/mol. The molecule has 2 aromatic rings. The second-order valence-corrected chi connectivity index (χ2v) is 5.99. The van der Waals surface area contributed by atoms with Crippen LogP contribution in [0.5, 0.6) is 0 Å². The first-order valence-corrected chi connectivity index (χ1v) is 7.71. The lowest BCUT2D eigenvalue weighted by Gasteiger charge is -2.26. The Morgan fingerprint density at radius 1 is 1.25 bits per heavy atom. The van der Waals surface area contributed by atoms with Gasteiger partial charge < -0.3 is 4.90 Å². The summed E-state index contributed by atoms with van der Waals surface area (Å²) in [6.45, 7) is 5.29.